The number of imidazole rings is 1. The standard InChI is InChI=1S/C25H34N6O2/c1-4-33-14-6-9-27-25(32)30-12-10-29(11-13-30)18-23-28-22-7-5-8-26-24(22)31(23)21-16-19(2)15-20(3)17-21/h5,7-8,15-17H,4,6,9-14,18H2,1-3H3,(H,27,32). The molecule has 4 rings (SSSR count). The predicted molar refractivity (Wildman–Crippen MR) is 130 cm³/mol. The van der Waals surface area contributed by atoms with Gasteiger partial charge in [0.1, 0.15) is 11.3 Å². The molecule has 0 radical (unpaired) electrons. The van der Waals surface area contributed by atoms with E-state index in [2.05, 4.69) is 51.8 Å². The summed E-state index contributed by atoms with van der Waals surface area (Å²) in [5.41, 5.74) is 5.30. The fourth-order valence-corrected chi connectivity index (χ4v) is 4.35. The molecule has 0 unspecified atom stereocenters. The van der Waals surface area contributed by atoms with Crippen molar-refractivity contribution in [2.45, 2.75) is 33.7 Å². The van der Waals surface area contributed by atoms with Crippen molar-refractivity contribution in [2.24, 2.45) is 0 Å². The zero-order valence-electron chi connectivity index (χ0n) is 19.9. The molecule has 1 aromatic carbocycles. The van der Waals surface area contributed by atoms with E-state index >= 15 is 0 Å². The van der Waals surface area contributed by atoms with Crippen molar-refractivity contribution in [1.29, 1.82) is 0 Å². The molecule has 1 saturated heterocycles. The number of hydrogen-bond donors (Lipinski definition) is 1. The number of carbonyl (C=O) groups excluding carboxylic acids is 1. The van der Waals surface area contributed by atoms with Gasteiger partial charge < -0.3 is 15.0 Å². The summed E-state index contributed by atoms with van der Waals surface area (Å²) in [4.78, 5) is 26.2. The number of aromatic nitrogens is 3. The molecule has 3 heterocycles. The molecule has 2 aromatic heterocycles. The first kappa shape index (κ1) is 23.2. The quantitative estimate of drug-likeness (QED) is 0.533. The molecule has 0 spiro atoms. The number of nitrogens with one attached hydrogen (secondary N) is 1. The van der Waals surface area contributed by atoms with Crippen LogP contribution in [0.25, 0.3) is 16.9 Å². The molecule has 0 atom stereocenters. The minimum absolute atomic E-state index is 0.0119. The molecule has 3 aromatic rings. The van der Waals surface area contributed by atoms with E-state index in [4.69, 9.17) is 9.72 Å². The van der Waals surface area contributed by atoms with Crippen LogP contribution in [0.3, 0.4) is 0 Å². The molecule has 0 saturated carbocycles. The van der Waals surface area contributed by atoms with E-state index in [1.165, 1.54) is 11.1 Å². The van der Waals surface area contributed by atoms with E-state index in [-0.39, 0.29) is 6.03 Å². The van der Waals surface area contributed by atoms with Gasteiger partial charge in [0, 0.05) is 57.8 Å². The zero-order chi connectivity index (χ0) is 23.2. The predicted octanol–water partition coefficient (Wildman–Crippen LogP) is 3.29. The lowest BCUT2D eigenvalue weighted by Gasteiger charge is -2.34. The summed E-state index contributed by atoms with van der Waals surface area (Å²) in [6, 6.07) is 10.5. The number of rotatable bonds is 8. The fourth-order valence-electron chi connectivity index (χ4n) is 4.35. The molecule has 1 N–H and O–H groups in total. The molecule has 1 aliphatic heterocycles. The van der Waals surface area contributed by atoms with Crippen molar-refractivity contribution >= 4 is 17.2 Å². The van der Waals surface area contributed by atoms with Crippen molar-refractivity contribution < 1.29 is 9.53 Å². The molecule has 176 valence electrons. The molecule has 0 bridgehead atoms. The van der Waals surface area contributed by atoms with Crippen LogP contribution in [0.1, 0.15) is 30.3 Å². The third-order valence-corrected chi connectivity index (χ3v) is 5.92. The van der Waals surface area contributed by atoms with Crippen molar-refractivity contribution in [2.75, 3.05) is 45.9 Å². The number of ether oxygens (including phenoxy) is 1. The highest BCUT2D eigenvalue weighted by atomic mass is 16.5. The average Bonchev–Trinajstić information content (AvgIpc) is 3.16. The van der Waals surface area contributed by atoms with Crippen molar-refractivity contribution in [3.05, 3.63) is 53.5 Å². The maximum atomic E-state index is 12.4. The van der Waals surface area contributed by atoms with E-state index in [0.717, 1.165) is 42.2 Å². The van der Waals surface area contributed by atoms with Crippen LogP contribution in [-0.4, -0.2) is 76.3 Å². The second-order valence-electron chi connectivity index (χ2n) is 8.60. The van der Waals surface area contributed by atoms with Crippen molar-refractivity contribution in [3.8, 4) is 5.69 Å². The molecule has 8 heteroatoms. The van der Waals surface area contributed by atoms with E-state index in [1.807, 2.05) is 30.2 Å². The third-order valence-electron chi connectivity index (χ3n) is 5.92. The topological polar surface area (TPSA) is 75.5 Å². The van der Waals surface area contributed by atoms with Crippen LogP contribution in [-0.2, 0) is 11.3 Å². The maximum absolute atomic E-state index is 12.4. The number of aryl methyl sites for hydroxylation is 2. The highest BCUT2D eigenvalue weighted by Gasteiger charge is 2.23. The Balaban J connectivity index is 1.42. The van der Waals surface area contributed by atoms with Crippen LogP contribution in [0.4, 0.5) is 4.79 Å². The number of urea groups is 1. The number of hydrogen-bond acceptors (Lipinski definition) is 5. The lowest BCUT2D eigenvalue weighted by Crippen LogP contribution is -2.51. The Hall–Kier alpha value is -2.97. The van der Waals surface area contributed by atoms with Crippen molar-refractivity contribution in [3.63, 3.8) is 0 Å². The molecule has 8 nitrogen and oxygen atoms in total. The number of amides is 2. The zero-order valence-corrected chi connectivity index (χ0v) is 19.9. The highest BCUT2D eigenvalue weighted by Crippen LogP contribution is 2.23. The fraction of sp³-hybridized carbons (Fsp3) is 0.480. The van der Waals surface area contributed by atoms with Crippen molar-refractivity contribution in [1.82, 2.24) is 29.7 Å². The summed E-state index contributed by atoms with van der Waals surface area (Å²) in [5, 5.41) is 3.00. The van der Waals surface area contributed by atoms with E-state index in [9.17, 15) is 4.79 Å². The Morgan fingerprint density at radius 3 is 2.61 bits per heavy atom. The number of benzene rings is 1. The largest absolute Gasteiger partial charge is 0.382 e. The summed E-state index contributed by atoms with van der Waals surface area (Å²) in [5.74, 6) is 0.975. The first-order valence-corrected chi connectivity index (χ1v) is 11.8. The smallest absolute Gasteiger partial charge is 0.317 e. The average molecular weight is 451 g/mol. The van der Waals surface area contributed by atoms with Gasteiger partial charge in [0.25, 0.3) is 0 Å². The van der Waals surface area contributed by atoms with Crippen LogP contribution in [0.15, 0.2) is 36.5 Å². The van der Waals surface area contributed by atoms with Gasteiger partial charge in [-0.15, -0.1) is 0 Å². The minimum atomic E-state index is 0.0119. The molecular weight excluding hydrogens is 416 g/mol. The van der Waals surface area contributed by atoms with Gasteiger partial charge in [-0.3, -0.25) is 9.47 Å². The Kier molecular flexibility index (Phi) is 7.57. The summed E-state index contributed by atoms with van der Waals surface area (Å²) < 4.78 is 7.50. The van der Waals surface area contributed by atoms with Crippen LogP contribution >= 0.6 is 0 Å². The lowest BCUT2D eigenvalue weighted by atomic mass is 10.1. The molecule has 1 aliphatic rings. The second-order valence-corrected chi connectivity index (χ2v) is 8.60. The Morgan fingerprint density at radius 1 is 1.12 bits per heavy atom. The Bertz CT molecular complexity index is 1070. The third kappa shape index (κ3) is 5.69. The van der Waals surface area contributed by atoms with E-state index < -0.39 is 0 Å². The van der Waals surface area contributed by atoms with Crippen LogP contribution in [0.2, 0.25) is 0 Å². The summed E-state index contributed by atoms with van der Waals surface area (Å²) in [7, 11) is 0. The normalized spacial score (nSPS) is 14.7. The summed E-state index contributed by atoms with van der Waals surface area (Å²) in [6.45, 7) is 12.0. The molecular formula is C25H34N6O2. The van der Waals surface area contributed by atoms with Crippen LogP contribution in [0, 0.1) is 13.8 Å². The minimum Gasteiger partial charge on any atom is -0.382 e. The number of pyridine rings is 1. The molecule has 1 fully saturated rings. The van der Waals surface area contributed by atoms with Gasteiger partial charge in [-0.1, -0.05) is 6.07 Å². The lowest BCUT2D eigenvalue weighted by molar-refractivity contribution is 0.129. The first-order valence-electron chi connectivity index (χ1n) is 11.8. The second kappa shape index (κ2) is 10.8. The Labute approximate surface area is 195 Å². The maximum Gasteiger partial charge on any atom is 0.317 e. The first-order chi connectivity index (χ1) is 16.0. The van der Waals surface area contributed by atoms with Gasteiger partial charge in [-0.2, -0.15) is 0 Å². The van der Waals surface area contributed by atoms with Crippen LogP contribution < -0.4 is 5.32 Å². The molecule has 33 heavy (non-hydrogen) atoms. The Morgan fingerprint density at radius 2 is 1.88 bits per heavy atom. The summed E-state index contributed by atoms with van der Waals surface area (Å²) >= 11 is 0. The van der Waals surface area contributed by atoms with Gasteiger partial charge in [-0.05, 0) is 62.6 Å². The van der Waals surface area contributed by atoms with Crippen LogP contribution in [0.5, 0.6) is 0 Å². The highest BCUT2D eigenvalue weighted by molar-refractivity contribution is 5.74. The van der Waals surface area contributed by atoms with Gasteiger partial charge in [0.05, 0.1) is 6.54 Å². The number of carbonyl (C=O) groups is 1. The van der Waals surface area contributed by atoms with Gasteiger partial charge in [0.2, 0.25) is 0 Å². The van der Waals surface area contributed by atoms with E-state index in [0.29, 0.717) is 39.4 Å². The van der Waals surface area contributed by atoms with Gasteiger partial charge in [0.15, 0.2) is 5.65 Å². The number of fused-ring (bicyclic) bond motifs is 1. The molecule has 2 amide bonds. The number of nitrogens with zero attached hydrogens (tertiary/aromatic N) is 5. The SMILES string of the molecule is CCOCCCNC(=O)N1CCN(Cc2nc3cccnc3n2-c2cc(C)cc(C)c2)CC1. The number of piperazine rings is 1. The van der Waals surface area contributed by atoms with E-state index in [1.54, 1.807) is 0 Å². The summed E-state index contributed by atoms with van der Waals surface area (Å²) in [6.07, 6.45) is 2.65. The van der Waals surface area contributed by atoms with Gasteiger partial charge in [-0.25, -0.2) is 14.8 Å². The van der Waals surface area contributed by atoms with Gasteiger partial charge >= 0.3 is 6.03 Å². The molecule has 0 aliphatic carbocycles. The monoisotopic (exact) mass is 450 g/mol.